The highest BCUT2D eigenvalue weighted by molar-refractivity contribution is 5.96. The summed E-state index contributed by atoms with van der Waals surface area (Å²) in [6.07, 6.45) is 5.78. The maximum atomic E-state index is 13.7. The van der Waals surface area contributed by atoms with E-state index in [1.807, 2.05) is 12.2 Å². The van der Waals surface area contributed by atoms with Gasteiger partial charge in [0.2, 0.25) is 5.91 Å². The van der Waals surface area contributed by atoms with Gasteiger partial charge in [0, 0.05) is 11.9 Å². The number of benzene rings is 1. The number of carboxylic acids is 1. The zero-order valence-electron chi connectivity index (χ0n) is 11.8. The molecule has 1 aromatic carbocycles. The molecule has 2 fully saturated rings. The van der Waals surface area contributed by atoms with E-state index in [9.17, 15) is 19.1 Å². The molecule has 0 heterocycles. The Bertz CT molecular complexity index is 695. The number of nitrogens with one attached hydrogen (secondary N) is 1. The minimum absolute atomic E-state index is 0.0675. The van der Waals surface area contributed by atoms with E-state index < -0.39 is 29.5 Å². The van der Waals surface area contributed by atoms with Gasteiger partial charge in [0.15, 0.2) is 0 Å². The molecule has 0 aromatic heterocycles. The van der Waals surface area contributed by atoms with Crippen LogP contribution >= 0.6 is 0 Å². The third-order valence-corrected chi connectivity index (χ3v) is 5.55. The fraction of sp³-hybridized carbons (Fsp3) is 0.412. The SMILES string of the molecule is O=C(Nc1ccccc1F)[C@@H]1[C@@H](C(=O)[O-])[C@@H]2C=C[C@H]1C21CC1. The predicted molar refractivity (Wildman–Crippen MR) is 74.8 cm³/mol. The van der Waals surface area contributed by atoms with Crippen LogP contribution in [-0.2, 0) is 9.59 Å². The van der Waals surface area contributed by atoms with E-state index in [0.717, 1.165) is 12.8 Å². The molecule has 1 aromatic rings. The van der Waals surface area contributed by atoms with Crippen LogP contribution in [0.5, 0.6) is 0 Å². The number of hydrogen-bond acceptors (Lipinski definition) is 3. The number of carboxylic acid groups (broad SMARTS) is 1. The fourth-order valence-corrected chi connectivity index (χ4v) is 4.46. The van der Waals surface area contributed by atoms with Crippen molar-refractivity contribution >= 4 is 17.6 Å². The molecule has 3 aliphatic rings. The molecule has 0 aliphatic heterocycles. The van der Waals surface area contributed by atoms with Crippen LogP contribution in [-0.4, -0.2) is 11.9 Å². The molecular weight excluding hydrogens is 285 g/mol. The third kappa shape index (κ3) is 1.68. The van der Waals surface area contributed by atoms with E-state index in [-0.39, 0.29) is 22.9 Å². The standard InChI is InChI=1S/C17H16FNO3/c18-11-3-1-2-4-12(11)19-15(20)13-9-5-6-10(14(13)16(21)22)17(9)7-8-17/h1-6,9-10,13-14H,7-8H2,(H,19,20)(H,21,22)/p-1/t9-,10+,13+,14+/m1/s1. The molecule has 4 atom stereocenters. The molecule has 3 aliphatic carbocycles. The third-order valence-electron chi connectivity index (χ3n) is 5.55. The first-order valence-electron chi connectivity index (χ1n) is 7.49. The average molecular weight is 300 g/mol. The molecule has 5 heteroatoms. The number of halogens is 1. The van der Waals surface area contributed by atoms with E-state index in [2.05, 4.69) is 5.32 Å². The van der Waals surface area contributed by atoms with Crippen molar-refractivity contribution in [3.05, 3.63) is 42.2 Å². The molecule has 2 bridgehead atoms. The maximum absolute atomic E-state index is 13.7. The van der Waals surface area contributed by atoms with Gasteiger partial charge in [0.25, 0.3) is 0 Å². The van der Waals surface area contributed by atoms with E-state index >= 15 is 0 Å². The number of aliphatic carboxylic acids is 1. The second kappa shape index (κ2) is 4.41. The summed E-state index contributed by atoms with van der Waals surface area (Å²) in [5.41, 5.74) is 0.0170. The molecule has 1 N–H and O–H groups in total. The molecule has 4 rings (SSSR count). The Morgan fingerprint density at radius 1 is 1.14 bits per heavy atom. The lowest BCUT2D eigenvalue weighted by Crippen LogP contribution is -2.43. The van der Waals surface area contributed by atoms with Gasteiger partial charge in [0.1, 0.15) is 5.82 Å². The summed E-state index contributed by atoms with van der Waals surface area (Å²) in [6.45, 7) is 0. The first-order chi connectivity index (χ1) is 10.5. The Morgan fingerprint density at radius 3 is 2.36 bits per heavy atom. The summed E-state index contributed by atoms with van der Waals surface area (Å²) in [5.74, 6) is -3.84. The van der Waals surface area contributed by atoms with Crippen molar-refractivity contribution < 1.29 is 19.1 Å². The molecule has 1 amide bonds. The summed E-state index contributed by atoms with van der Waals surface area (Å²) < 4.78 is 13.7. The van der Waals surface area contributed by atoms with Crippen LogP contribution in [0.25, 0.3) is 0 Å². The highest BCUT2D eigenvalue weighted by Crippen LogP contribution is 2.71. The molecule has 0 radical (unpaired) electrons. The maximum Gasteiger partial charge on any atom is 0.228 e. The van der Waals surface area contributed by atoms with Crippen LogP contribution in [0.4, 0.5) is 10.1 Å². The van der Waals surface area contributed by atoms with Gasteiger partial charge >= 0.3 is 0 Å². The number of carbonyl (C=O) groups is 2. The summed E-state index contributed by atoms with van der Waals surface area (Å²) in [6, 6.07) is 5.89. The predicted octanol–water partition coefficient (Wildman–Crippen LogP) is 1.34. The fourth-order valence-electron chi connectivity index (χ4n) is 4.46. The van der Waals surface area contributed by atoms with Gasteiger partial charge in [-0.1, -0.05) is 24.3 Å². The Hall–Kier alpha value is -2.17. The number of hydrogen-bond donors (Lipinski definition) is 1. The van der Waals surface area contributed by atoms with Crippen LogP contribution in [0, 0.1) is 34.9 Å². The average Bonchev–Trinajstić information content (AvgIpc) is 3.15. The van der Waals surface area contributed by atoms with E-state index in [0.29, 0.717) is 0 Å². The summed E-state index contributed by atoms with van der Waals surface area (Å²) >= 11 is 0. The molecule has 114 valence electrons. The second-order valence-corrected chi connectivity index (χ2v) is 6.51. The minimum atomic E-state index is -1.18. The molecule has 2 saturated carbocycles. The zero-order chi connectivity index (χ0) is 15.5. The molecule has 4 nitrogen and oxygen atoms in total. The Kier molecular flexibility index (Phi) is 2.71. The normalized spacial score (nSPS) is 33.1. The van der Waals surface area contributed by atoms with Crippen molar-refractivity contribution in [2.45, 2.75) is 12.8 Å². The summed E-state index contributed by atoms with van der Waals surface area (Å²) in [5, 5.41) is 14.1. The number of anilines is 1. The number of carbonyl (C=O) groups excluding carboxylic acids is 2. The Labute approximate surface area is 127 Å². The quantitative estimate of drug-likeness (QED) is 0.857. The molecular formula is C17H15FNO3-. The second-order valence-electron chi connectivity index (χ2n) is 6.51. The Morgan fingerprint density at radius 2 is 1.77 bits per heavy atom. The lowest BCUT2D eigenvalue weighted by molar-refractivity contribution is -0.313. The van der Waals surface area contributed by atoms with Crippen LogP contribution < -0.4 is 10.4 Å². The van der Waals surface area contributed by atoms with Gasteiger partial charge < -0.3 is 15.2 Å². The van der Waals surface area contributed by atoms with Crippen molar-refractivity contribution in [1.82, 2.24) is 0 Å². The molecule has 0 saturated heterocycles. The van der Waals surface area contributed by atoms with Crippen LogP contribution in [0.1, 0.15) is 12.8 Å². The molecule has 1 spiro atoms. The smallest absolute Gasteiger partial charge is 0.228 e. The zero-order valence-corrected chi connectivity index (χ0v) is 11.8. The minimum Gasteiger partial charge on any atom is -0.550 e. The number of amides is 1. The number of para-hydroxylation sites is 1. The lowest BCUT2D eigenvalue weighted by Gasteiger charge is -2.27. The highest BCUT2D eigenvalue weighted by Gasteiger charge is 2.68. The summed E-state index contributed by atoms with van der Waals surface area (Å²) in [4.78, 5) is 24.1. The van der Waals surface area contributed by atoms with E-state index in [4.69, 9.17) is 0 Å². The monoisotopic (exact) mass is 300 g/mol. The first kappa shape index (κ1) is 13.5. The van der Waals surface area contributed by atoms with Crippen molar-refractivity contribution in [3.8, 4) is 0 Å². The lowest BCUT2D eigenvalue weighted by atomic mass is 9.82. The van der Waals surface area contributed by atoms with Gasteiger partial charge in [-0.25, -0.2) is 4.39 Å². The highest BCUT2D eigenvalue weighted by atomic mass is 19.1. The molecule has 0 unspecified atom stereocenters. The van der Waals surface area contributed by atoms with E-state index in [1.54, 1.807) is 6.07 Å². The van der Waals surface area contributed by atoms with Gasteiger partial charge in [-0.3, -0.25) is 4.79 Å². The largest absolute Gasteiger partial charge is 0.550 e. The Balaban J connectivity index is 1.64. The van der Waals surface area contributed by atoms with Crippen molar-refractivity contribution in [3.63, 3.8) is 0 Å². The van der Waals surface area contributed by atoms with Gasteiger partial charge in [-0.2, -0.15) is 0 Å². The summed E-state index contributed by atoms with van der Waals surface area (Å²) in [7, 11) is 0. The number of allylic oxidation sites excluding steroid dienone is 2. The van der Waals surface area contributed by atoms with Gasteiger partial charge in [-0.05, 0) is 42.2 Å². The van der Waals surface area contributed by atoms with Crippen molar-refractivity contribution in [2.75, 3.05) is 5.32 Å². The molecule has 22 heavy (non-hydrogen) atoms. The van der Waals surface area contributed by atoms with Gasteiger partial charge in [-0.15, -0.1) is 0 Å². The van der Waals surface area contributed by atoms with Gasteiger partial charge in [0.05, 0.1) is 11.6 Å². The van der Waals surface area contributed by atoms with Crippen molar-refractivity contribution in [2.24, 2.45) is 29.1 Å². The first-order valence-corrected chi connectivity index (χ1v) is 7.49. The van der Waals surface area contributed by atoms with Crippen LogP contribution in [0.15, 0.2) is 36.4 Å². The number of rotatable bonds is 3. The van der Waals surface area contributed by atoms with Crippen LogP contribution in [0.2, 0.25) is 0 Å². The topological polar surface area (TPSA) is 69.2 Å². The van der Waals surface area contributed by atoms with Crippen LogP contribution in [0.3, 0.4) is 0 Å². The van der Waals surface area contributed by atoms with Crippen molar-refractivity contribution in [1.29, 1.82) is 0 Å². The van der Waals surface area contributed by atoms with E-state index in [1.165, 1.54) is 18.2 Å².